The Bertz CT molecular complexity index is 151. The summed E-state index contributed by atoms with van der Waals surface area (Å²) in [5, 5.41) is 2.88. The van der Waals surface area contributed by atoms with E-state index in [9.17, 15) is 4.79 Å². The SMILES string of the molecule is CCC(Br)C(=O)NCCCN(C)C. The zero-order valence-corrected chi connectivity index (χ0v) is 10.2. The predicted octanol–water partition coefficient (Wildman–Crippen LogP) is 1.23. The fraction of sp³-hybridized carbons (Fsp3) is 0.889. The molecule has 1 atom stereocenters. The fourth-order valence-electron chi connectivity index (χ4n) is 0.903. The maximum Gasteiger partial charge on any atom is 0.233 e. The molecule has 3 nitrogen and oxygen atoms in total. The monoisotopic (exact) mass is 250 g/mol. The molecule has 0 rings (SSSR count). The van der Waals surface area contributed by atoms with Crippen molar-refractivity contribution in [3.8, 4) is 0 Å². The average molecular weight is 251 g/mol. The Morgan fingerprint density at radius 2 is 2.15 bits per heavy atom. The van der Waals surface area contributed by atoms with E-state index in [1.165, 1.54) is 0 Å². The summed E-state index contributed by atoms with van der Waals surface area (Å²) in [5.74, 6) is 0.0984. The van der Waals surface area contributed by atoms with Gasteiger partial charge in [0.05, 0.1) is 4.83 Å². The van der Waals surface area contributed by atoms with Crippen LogP contribution >= 0.6 is 15.9 Å². The van der Waals surface area contributed by atoms with Crippen molar-refractivity contribution in [1.82, 2.24) is 10.2 Å². The normalized spacial score (nSPS) is 13.0. The first-order valence-electron chi connectivity index (χ1n) is 4.64. The van der Waals surface area contributed by atoms with Gasteiger partial charge in [0.15, 0.2) is 0 Å². The molecular weight excluding hydrogens is 232 g/mol. The number of carbonyl (C=O) groups excluding carboxylic acids is 1. The second-order valence-electron chi connectivity index (χ2n) is 3.32. The van der Waals surface area contributed by atoms with Gasteiger partial charge in [-0.2, -0.15) is 0 Å². The van der Waals surface area contributed by atoms with Crippen molar-refractivity contribution in [1.29, 1.82) is 0 Å². The van der Waals surface area contributed by atoms with Crippen LogP contribution in [0.25, 0.3) is 0 Å². The topological polar surface area (TPSA) is 32.3 Å². The first-order chi connectivity index (χ1) is 6.07. The minimum atomic E-state index is -0.0353. The van der Waals surface area contributed by atoms with Crippen LogP contribution in [0.15, 0.2) is 0 Å². The largest absolute Gasteiger partial charge is 0.355 e. The smallest absolute Gasteiger partial charge is 0.233 e. The van der Waals surface area contributed by atoms with Crippen LogP contribution in [0.5, 0.6) is 0 Å². The summed E-state index contributed by atoms with van der Waals surface area (Å²) in [5.41, 5.74) is 0. The highest BCUT2D eigenvalue weighted by atomic mass is 79.9. The number of nitrogens with one attached hydrogen (secondary N) is 1. The lowest BCUT2D eigenvalue weighted by molar-refractivity contribution is -0.120. The molecule has 4 heteroatoms. The van der Waals surface area contributed by atoms with Crippen molar-refractivity contribution in [2.75, 3.05) is 27.2 Å². The number of hydrogen-bond acceptors (Lipinski definition) is 2. The zero-order valence-electron chi connectivity index (χ0n) is 8.64. The minimum absolute atomic E-state index is 0.0353. The van der Waals surface area contributed by atoms with Crippen LogP contribution < -0.4 is 5.32 Å². The highest BCUT2D eigenvalue weighted by Gasteiger charge is 2.10. The van der Waals surface area contributed by atoms with Gasteiger partial charge in [0.1, 0.15) is 0 Å². The lowest BCUT2D eigenvalue weighted by Crippen LogP contribution is -2.32. The number of alkyl halides is 1. The lowest BCUT2D eigenvalue weighted by Gasteiger charge is -2.11. The summed E-state index contributed by atoms with van der Waals surface area (Å²) in [7, 11) is 4.06. The molecule has 1 unspecified atom stereocenters. The molecule has 0 aromatic heterocycles. The molecular formula is C9H19BrN2O. The van der Waals surface area contributed by atoms with E-state index in [1.54, 1.807) is 0 Å². The van der Waals surface area contributed by atoms with Crippen molar-refractivity contribution in [2.45, 2.75) is 24.6 Å². The van der Waals surface area contributed by atoms with Crippen molar-refractivity contribution < 1.29 is 4.79 Å². The Kier molecular flexibility index (Phi) is 7.28. The van der Waals surface area contributed by atoms with E-state index in [2.05, 4.69) is 26.1 Å². The fourth-order valence-corrected chi connectivity index (χ4v) is 1.06. The third-order valence-electron chi connectivity index (χ3n) is 1.72. The van der Waals surface area contributed by atoms with Crippen molar-refractivity contribution >= 4 is 21.8 Å². The number of amides is 1. The molecule has 0 aliphatic heterocycles. The average Bonchev–Trinajstić information content (AvgIpc) is 2.10. The number of rotatable bonds is 6. The summed E-state index contributed by atoms with van der Waals surface area (Å²) in [6.07, 6.45) is 1.84. The van der Waals surface area contributed by atoms with Gasteiger partial charge in [-0.15, -0.1) is 0 Å². The summed E-state index contributed by atoms with van der Waals surface area (Å²) in [6.45, 7) is 3.76. The standard InChI is InChI=1S/C9H19BrN2O/c1-4-8(10)9(13)11-6-5-7-12(2)3/h8H,4-7H2,1-3H3,(H,11,13). The second-order valence-corrected chi connectivity index (χ2v) is 4.43. The number of carbonyl (C=O) groups is 1. The first-order valence-corrected chi connectivity index (χ1v) is 5.56. The first kappa shape index (κ1) is 12.9. The molecule has 0 aliphatic rings. The van der Waals surface area contributed by atoms with Crippen LogP contribution in [0.2, 0.25) is 0 Å². The van der Waals surface area contributed by atoms with Gasteiger partial charge in [-0.1, -0.05) is 22.9 Å². The van der Waals surface area contributed by atoms with Gasteiger partial charge in [0, 0.05) is 6.54 Å². The zero-order chi connectivity index (χ0) is 10.3. The summed E-state index contributed by atoms with van der Waals surface area (Å²) in [6, 6.07) is 0. The van der Waals surface area contributed by atoms with E-state index in [4.69, 9.17) is 0 Å². The summed E-state index contributed by atoms with van der Waals surface area (Å²) in [4.78, 5) is 13.3. The van der Waals surface area contributed by atoms with Crippen LogP contribution in [-0.2, 0) is 4.79 Å². The molecule has 0 spiro atoms. The van der Waals surface area contributed by atoms with Crippen LogP contribution in [-0.4, -0.2) is 42.8 Å². The van der Waals surface area contributed by atoms with Gasteiger partial charge >= 0.3 is 0 Å². The molecule has 1 amide bonds. The van der Waals surface area contributed by atoms with Gasteiger partial charge in [0.25, 0.3) is 0 Å². The molecule has 0 fully saturated rings. The van der Waals surface area contributed by atoms with Crippen LogP contribution in [0, 0.1) is 0 Å². The Morgan fingerprint density at radius 1 is 1.54 bits per heavy atom. The van der Waals surface area contributed by atoms with Crippen molar-refractivity contribution in [3.63, 3.8) is 0 Å². The highest BCUT2D eigenvalue weighted by Crippen LogP contribution is 2.03. The Labute approximate surface area is 89.0 Å². The maximum absolute atomic E-state index is 11.2. The maximum atomic E-state index is 11.2. The molecule has 0 heterocycles. The van der Waals surface area contributed by atoms with Crippen molar-refractivity contribution in [3.05, 3.63) is 0 Å². The van der Waals surface area contributed by atoms with E-state index in [0.29, 0.717) is 0 Å². The molecule has 0 saturated heterocycles. The molecule has 0 aromatic carbocycles. The van der Waals surface area contributed by atoms with E-state index < -0.39 is 0 Å². The third kappa shape index (κ3) is 7.02. The molecule has 0 radical (unpaired) electrons. The Morgan fingerprint density at radius 3 is 2.62 bits per heavy atom. The van der Waals surface area contributed by atoms with Gasteiger partial charge < -0.3 is 10.2 Å². The molecule has 1 N–H and O–H groups in total. The quantitative estimate of drug-likeness (QED) is 0.568. The van der Waals surface area contributed by atoms with Gasteiger partial charge in [-0.25, -0.2) is 0 Å². The van der Waals surface area contributed by atoms with Crippen molar-refractivity contribution in [2.24, 2.45) is 0 Å². The van der Waals surface area contributed by atoms with Crippen LogP contribution in [0.4, 0.5) is 0 Å². The number of hydrogen-bond donors (Lipinski definition) is 1. The second kappa shape index (κ2) is 7.33. The molecule has 0 aromatic rings. The summed E-state index contributed by atoms with van der Waals surface area (Å²) >= 11 is 3.30. The van der Waals surface area contributed by atoms with Gasteiger partial charge in [-0.05, 0) is 33.5 Å². The molecule has 13 heavy (non-hydrogen) atoms. The van der Waals surface area contributed by atoms with Gasteiger partial charge in [0.2, 0.25) is 5.91 Å². The van der Waals surface area contributed by atoms with Gasteiger partial charge in [-0.3, -0.25) is 4.79 Å². The third-order valence-corrected chi connectivity index (χ3v) is 2.79. The molecule has 0 saturated carbocycles. The molecule has 78 valence electrons. The van der Waals surface area contributed by atoms with Crippen LogP contribution in [0.1, 0.15) is 19.8 Å². The molecule has 0 aliphatic carbocycles. The predicted molar refractivity (Wildman–Crippen MR) is 59.2 cm³/mol. The lowest BCUT2D eigenvalue weighted by atomic mass is 10.3. The van der Waals surface area contributed by atoms with Crippen LogP contribution in [0.3, 0.4) is 0 Å². The van der Waals surface area contributed by atoms with E-state index in [1.807, 2.05) is 21.0 Å². The van der Waals surface area contributed by atoms with E-state index in [0.717, 1.165) is 25.9 Å². The summed E-state index contributed by atoms with van der Waals surface area (Å²) < 4.78 is 0. The highest BCUT2D eigenvalue weighted by molar-refractivity contribution is 9.10. The Balaban J connectivity index is 3.37. The molecule has 0 bridgehead atoms. The Hall–Kier alpha value is -0.0900. The van der Waals surface area contributed by atoms with E-state index >= 15 is 0 Å². The number of halogens is 1. The van der Waals surface area contributed by atoms with E-state index in [-0.39, 0.29) is 10.7 Å². The number of nitrogens with zero attached hydrogens (tertiary/aromatic N) is 1. The minimum Gasteiger partial charge on any atom is -0.355 e.